The lowest BCUT2D eigenvalue weighted by molar-refractivity contribution is -0.288. The zero-order valence-corrected chi connectivity index (χ0v) is 18.9. The third kappa shape index (κ3) is 7.67. The van der Waals surface area contributed by atoms with Gasteiger partial charge in [-0.2, -0.15) is 13.2 Å². The highest BCUT2D eigenvalue weighted by Crippen LogP contribution is 2.32. The Balaban J connectivity index is 2.59. The molecule has 1 aliphatic heterocycles. The second kappa shape index (κ2) is 11.6. The van der Waals surface area contributed by atoms with Crippen LogP contribution in [0, 0.1) is 0 Å². The van der Waals surface area contributed by atoms with Crippen LogP contribution < -0.4 is 0 Å². The second-order valence-electron chi connectivity index (χ2n) is 7.04. The zero-order valence-electron chi connectivity index (χ0n) is 18.9. The van der Waals surface area contributed by atoms with Gasteiger partial charge in [0.1, 0.15) is 0 Å². The topological polar surface area (TPSA) is 136 Å². The Labute approximate surface area is 197 Å². The predicted octanol–water partition coefficient (Wildman–Crippen LogP) is 1.99. The van der Waals surface area contributed by atoms with Gasteiger partial charge < -0.3 is 28.4 Å². The average molecular weight is 505 g/mol. The molecule has 0 radical (unpaired) electrons. The molecule has 0 spiro atoms. The first-order chi connectivity index (χ1) is 16.3. The van der Waals surface area contributed by atoms with Gasteiger partial charge in [-0.1, -0.05) is 18.2 Å². The first-order valence-corrected chi connectivity index (χ1v) is 9.96. The molecule has 0 aliphatic carbocycles. The maximum atomic E-state index is 13.8. The Bertz CT molecular complexity index is 966. The molecular weight excluding hydrogens is 483 g/mol. The number of rotatable bonds is 6. The van der Waals surface area contributed by atoms with Gasteiger partial charge in [0, 0.05) is 20.8 Å². The third-order valence-corrected chi connectivity index (χ3v) is 4.29. The summed E-state index contributed by atoms with van der Waals surface area (Å²) in [7, 11) is 0.934. The molecule has 35 heavy (non-hydrogen) atoms. The monoisotopic (exact) mass is 505 g/mol. The third-order valence-electron chi connectivity index (χ3n) is 4.29. The summed E-state index contributed by atoms with van der Waals surface area (Å²) in [5, 5.41) is 0. The highest BCUT2D eigenvalue weighted by Gasteiger charge is 2.57. The summed E-state index contributed by atoms with van der Waals surface area (Å²) < 4.78 is 71.3. The molecule has 0 amide bonds. The Morgan fingerprint density at radius 3 is 1.83 bits per heavy atom. The molecule has 0 saturated carbocycles. The van der Waals surface area contributed by atoms with Crippen LogP contribution in [0.15, 0.2) is 35.3 Å². The number of methoxy groups -OCH3 is 1. The minimum absolute atomic E-state index is 0.140. The number of benzene rings is 1. The van der Waals surface area contributed by atoms with E-state index in [0.29, 0.717) is 0 Å². The molecule has 1 aromatic rings. The number of halogens is 3. The smallest absolute Gasteiger partial charge is 0.467 e. The van der Waals surface area contributed by atoms with Crippen LogP contribution in [-0.4, -0.2) is 73.8 Å². The molecule has 0 bridgehead atoms. The van der Waals surface area contributed by atoms with E-state index in [9.17, 15) is 32.3 Å². The van der Waals surface area contributed by atoms with E-state index in [0.717, 1.165) is 27.9 Å². The first-order valence-electron chi connectivity index (χ1n) is 9.96. The van der Waals surface area contributed by atoms with Gasteiger partial charge in [0.25, 0.3) is 5.90 Å². The lowest BCUT2D eigenvalue weighted by Crippen LogP contribution is -2.64. The summed E-state index contributed by atoms with van der Waals surface area (Å²) in [5.74, 6) is -6.01. The van der Waals surface area contributed by atoms with Crippen LogP contribution in [0.3, 0.4) is 0 Å². The molecule has 1 saturated heterocycles. The van der Waals surface area contributed by atoms with Crippen LogP contribution in [0.4, 0.5) is 18.9 Å². The molecule has 1 aliphatic rings. The molecule has 0 unspecified atom stereocenters. The van der Waals surface area contributed by atoms with Gasteiger partial charge in [-0.3, -0.25) is 14.4 Å². The standard InChI is InChI=1S/C21H22F3NO10/c1-10(26)31-14-15(32-11(2)27)17(33-12(3)28)19(34-16(14)18(29)30-4)35-20(21(22,23)24)25-13-8-6-5-7-9-13/h5-9,14-17,19H,1-4H3/t14-,15-,16-,17+,19-/m0/s1. The van der Waals surface area contributed by atoms with Crippen LogP contribution in [0.1, 0.15) is 20.8 Å². The molecule has 2 rings (SSSR count). The zero-order chi connectivity index (χ0) is 26.3. The minimum atomic E-state index is -5.16. The van der Waals surface area contributed by atoms with Gasteiger partial charge in [0.05, 0.1) is 12.8 Å². The number of carbonyl (C=O) groups is 4. The molecule has 1 fully saturated rings. The number of hydrogen-bond donors (Lipinski definition) is 0. The maximum absolute atomic E-state index is 13.8. The van der Waals surface area contributed by atoms with Crippen molar-refractivity contribution >= 4 is 35.5 Å². The summed E-state index contributed by atoms with van der Waals surface area (Å²) in [6.45, 7) is 2.81. The Morgan fingerprint density at radius 2 is 1.34 bits per heavy atom. The number of ether oxygens (including phenoxy) is 6. The Hall–Kier alpha value is -3.68. The van der Waals surface area contributed by atoms with Crippen LogP contribution >= 0.6 is 0 Å². The van der Waals surface area contributed by atoms with Crippen molar-refractivity contribution in [1.29, 1.82) is 0 Å². The number of esters is 4. The minimum Gasteiger partial charge on any atom is -0.467 e. The summed E-state index contributed by atoms with van der Waals surface area (Å²) in [6, 6.07) is 6.93. The van der Waals surface area contributed by atoms with Crippen molar-refractivity contribution in [2.45, 2.75) is 57.7 Å². The number of hydrogen-bond acceptors (Lipinski definition) is 11. The van der Waals surface area contributed by atoms with Crippen LogP contribution in [-0.2, 0) is 47.6 Å². The summed E-state index contributed by atoms with van der Waals surface area (Å²) in [4.78, 5) is 50.9. The number of aliphatic imine (C=N–C) groups is 1. The lowest BCUT2D eigenvalue weighted by Gasteiger charge is -2.43. The quantitative estimate of drug-likeness (QED) is 0.244. The van der Waals surface area contributed by atoms with E-state index in [1.165, 1.54) is 24.3 Å². The SMILES string of the molecule is COC(=O)[C@H]1O[C@@H](OC(=Nc2ccccc2)C(F)(F)F)[C@H](OC(C)=O)[C@@H](OC(C)=O)[C@@H]1OC(C)=O. The average Bonchev–Trinajstić information content (AvgIpc) is 2.75. The van der Waals surface area contributed by atoms with Gasteiger partial charge in [-0.05, 0) is 12.1 Å². The fourth-order valence-electron chi connectivity index (χ4n) is 3.06. The number of alkyl halides is 3. The summed E-state index contributed by atoms with van der Waals surface area (Å²) in [6.07, 6.45) is -14.8. The summed E-state index contributed by atoms with van der Waals surface area (Å²) in [5.41, 5.74) is -0.140. The van der Waals surface area contributed by atoms with E-state index in [-0.39, 0.29) is 5.69 Å². The van der Waals surface area contributed by atoms with Crippen molar-refractivity contribution in [3.63, 3.8) is 0 Å². The number of para-hydroxylation sites is 1. The largest absolute Gasteiger partial charge is 0.468 e. The normalized spacial score (nSPS) is 24.7. The molecular formula is C21H22F3NO10. The first kappa shape index (κ1) is 27.6. The predicted molar refractivity (Wildman–Crippen MR) is 108 cm³/mol. The molecule has 192 valence electrons. The molecule has 14 heteroatoms. The van der Waals surface area contributed by atoms with E-state index in [1.807, 2.05) is 0 Å². The van der Waals surface area contributed by atoms with E-state index < -0.39 is 66.7 Å². The van der Waals surface area contributed by atoms with Crippen molar-refractivity contribution < 1.29 is 60.8 Å². The van der Waals surface area contributed by atoms with Crippen molar-refractivity contribution in [1.82, 2.24) is 0 Å². The lowest BCUT2D eigenvalue weighted by atomic mass is 9.97. The van der Waals surface area contributed by atoms with E-state index in [4.69, 9.17) is 23.7 Å². The van der Waals surface area contributed by atoms with Crippen molar-refractivity contribution in [2.75, 3.05) is 7.11 Å². The second-order valence-corrected chi connectivity index (χ2v) is 7.04. The summed E-state index contributed by atoms with van der Waals surface area (Å²) >= 11 is 0. The van der Waals surface area contributed by atoms with Crippen LogP contribution in [0.25, 0.3) is 0 Å². The van der Waals surface area contributed by atoms with Crippen molar-refractivity contribution in [2.24, 2.45) is 4.99 Å². The number of carbonyl (C=O) groups excluding carboxylic acids is 4. The molecule has 1 aromatic carbocycles. The van der Waals surface area contributed by atoms with Crippen molar-refractivity contribution in [3.8, 4) is 0 Å². The van der Waals surface area contributed by atoms with Gasteiger partial charge >= 0.3 is 30.1 Å². The molecule has 0 aromatic heterocycles. The molecule has 0 N–H and O–H groups in total. The Morgan fingerprint density at radius 1 is 0.829 bits per heavy atom. The maximum Gasteiger partial charge on any atom is 0.468 e. The Kier molecular flexibility index (Phi) is 9.17. The van der Waals surface area contributed by atoms with Crippen LogP contribution in [0.2, 0.25) is 0 Å². The van der Waals surface area contributed by atoms with Crippen LogP contribution in [0.5, 0.6) is 0 Å². The number of nitrogens with zero attached hydrogens (tertiary/aromatic N) is 1. The van der Waals surface area contributed by atoms with Gasteiger partial charge in [-0.15, -0.1) is 0 Å². The van der Waals surface area contributed by atoms with Gasteiger partial charge in [0.15, 0.2) is 18.3 Å². The highest BCUT2D eigenvalue weighted by molar-refractivity contribution is 5.85. The molecule has 11 nitrogen and oxygen atoms in total. The van der Waals surface area contributed by atoms with E-state index in [2.05, 4.69) is 9.73 Å². The fraction of sp³-hybridized carbons (Fsp3) is 0.476. The molecule has 1 heterocycles. The van der Waals surface area contributed by atoms with E-state index in [1.54, 1.807) is 6.07 Å². The molecule has 5 atom stereocenters. The van der Waals surface area contributed by atoms with Gasteiger partial charge in [0.2, 0.25) is 12.4 Å². The van der Waals surface area contributed by atoms with Crippen molar-refractivity contribution in [3.05, 3.63) is 30.3 Å². The van der Waals surface area contributed by atoms with E-state index >= 15 is 0 Å². The highest BCUT2D eigenvalue weighted by atomic mass is 19.4. The fourth-order valence-corrected chi connectivity index (χ4v) is 3.06. The van der Waals surface area contributed by atoms with Gasteiger partial charge in [-0.25, -0.2) is 9.79 Å².